The Morgan fingerprint density at radius 2 is 2.04 bits per heavy atom. The Morgan fingerprint density at radius 3 is 2.83 bits per heavy atom. The fourth-order valence-corrected chi connectivity index (χ4v) is 5.10. The van der Waals surface area contributed by atoms with E-state index in [1.54, 1.807) is 11.3 Å². The highest BCUT2D eigenvalue weighted by molar-refractivity contribution is 7.10. The van der Waals surface area contributed by atoms with Crippen LogP contribution in [0, 0.1) is 0 Å². The number of rotatable bonds is 4. The summed E-state index contributed by atoms with van der Waals surface area (Å²) in [5, 5.41) is 2.10. The second kappa shape index (κ2) is 7.52. The molecule has 0 bridgehead atoms. The number of hydrogen-bond donors (Lipinski definition) is 0. The van der Waals surface area contributed by atoms with Gasteiger partial charge < -0.3 is 14.4 Å². The lowest BCUT2D eigenvalue weighted by atomic mass is 10.0. The van der Waals surface area contributed by atoms with Gasteiger partial charge in [0.25, 0.3) is 0 Å². The molecule has 0 saturated carbocycles. The van der Waals surface area contributed by atoms with Crippen LogP contribution in [0.1, 0.15) is 43.0 Å². The number of carbonyl (C=O) groups is 1. The van der Waals surface area contributed by atoms with Crippen molar-refractivity contribution in [1.29, 1.82) is 0 Å². The van der Waals surface area contributed by atoms with Crippen molar-refractivity contribution in [3.8, 4) is 0 Å². The maximum Gasteiger partial charge on any atom is 0.237 e. The number of amides is 1. The number of likely N-dealkylation sites (tertiary alicyclic amines) is 2. The summed E-state index contributed by atoms with van der Waals surface area (Å²) in [4.78, 5) is 18.7. The molecule has 3 fully saturated rings. The van der Waals surface area contributed by atoms with Gasteiger partial charge in [-0.25, -0.2) is 0 Å². The standard InChI is InChI=1S/C18H26N2O3S/c21-17(20-9-3-6-14(20)16-7-4-12-24-16)13-19-8-2-1-5-15(19)18-22-10-11-23-18/h4,7,12,14-15,18H,1-3,5-6,8-11,13H2. The average Bonchev–Trinajstić information content (AvgIpc) is 3.35. The molecule has 3 aliphatic heterocycles. The van der Waals surface area contributed by atoms with E-state index in [4.69, 9.17) is 9.47 Å². The van der Waals surface area contributed by atoms with Crippen molar-refractivity contribution in [2.75, 3.05) is 32.8 Å². The van der Waals surface area contributed by atoms with E-state index < -0.39 is 0 Å². The molecule has 24 heavy (non-hydrogen) atoms. The van der Waals surface area contributed by atoms with E-state index in [0.717, 1.165) is 38.8 Å². The minimum Gasteiger partial charge on any atom is -0.349 e. The Bertz CT molecular complexity index is 544. The van der Waals surface area contributed by atoms with E-state index >= 15 is 0 Å². The number of ether oxygens (including phenoxy) is 2. The van der Waals surface area contributed by atoms with Gasteiger partial charge in [-0.05, 0) is 43.7 Å². The van der Waals surface area contributed by atoms with Gasteiger partial charge >= 0.3 is 0 Å². The maximum atomic E-state index is 13.0. The Morgan fingerprint density at radius 1 is 1.17 bits per heavy atom. The molecule has 2 unspecified atom stereocenters. The van der Waals surface area contributed by atoms with Crippen molar-refractivity contribution in [3.05, 3.63) is 22.4 Å². The quantitative estimate of drug-likeness (QED) is 0.837. The molecule has 1 aromatic heterocycles. The molecular formula is C18H26N2O3S. The molecule has 3 aliphatic rings. The number of nitrogens with zero attached hydrogens (tertiary/aromatic N) is 2. The zero-order chi connectivity index (χ0) is 16.4. The van der Waals surface area contributed by atoms with Crippen LogP contribution in [0.3, 0.4) is 0 Å². The van der Waals surface area contributed by atoms with Gasteiger partial charge in [0.2, 0.25) is 5.91 Å². The highest BCUT2D eigenvalue weighted by atomic mass is 32.1. The molecule has 0 aromatic carbocycles. The predicted octanol–water partition coefficient (Wildman–Crippen LogP) is 2.64. The smallest absolute Gasteiger partial charge is 0.237 e. The summed E-state index contributed by atoms with van der Waals surface area (Å²) >= 11 is 1.76. The maximum absolute atomic E-state index is 13.0. The molecule has 0 spiro atoms. The molecular weight excluding hydrogens is 324 g/mol. The van der Waals surface area contributed by atoms with Gasteiger partial charge in [-0.15, -0.1) is 11.3 Å². The van der Waals surface area contributed by atoms with Crippen molar-refractivity contribution in [3.63, 3.8) is 0 Å². The van der Waals surface area contributed by atoms with Crippen LogP contribution in [-0.4, -0.2) is 60.9 Å². The third-order valence-electron chi connectivity index (χ3n) is 5.41. The summed E-state index contributed by atoms with van der Waals surface area (Å²) in [6.07, 6.45) is 5.46. The van der Waals surface area contributed by atoms with Gasteiger partial charge in [0.15, 0.2) is 6.29 Å². The minimum atomic E-state index is -0.148. The Kier molecular flexibility index (Phi) is 5.17. The lowest BCUT2D eigenvalue weighted by Gasteiger charge is -2.38. The highest BCUT2D eigenvalue weighted by Crippen LogP contribution is 2.35. The highest BCUT2D eigenvalue weighted by Gasteiger charge is 2.37. The Labute approximate surface area is 147 Å². The lowest BCUT2D eigenvalue weighted by molar-refractivity contribution is -0.140. The van der Waals surface area contributed by atoms with Crippen LogP contribution < -0.4 is 0 Å². The van der Waals surface area contributed by atoms with Crippen LogP contribution in [-0.2, 0) is 14.3 Å². The zero-order valence-corrected chi connectivity index (χ0v) is 14.9. The third kappa shape index (κ3) is 3.38. The van der Waals surface area contributed by atoms with Crippen LogP contribution >= 0.6 is 11.3 Å². The van der Waals surface area contributed by atoms with Crippen molar-refractivity contribution in [2.24, 2.45) is 0 Å². The summed E-state index contributed by atoms with van der Waals surface area (Å²) in [5.41, 5.74) is 0. The van der Waals surface area contributed by atoms with Crippen LogP contribution in [0.2, 0.25) is 0 Å². The SMILES string of the molecule is O=C(CN1CCCCC1C1OCCO1)N1CCCC1c1cccs1. The van der Waals surface area contributed by atoms with Gasteiger partial charge in [-0.3, -0.25) is 9.69 Å². The molecule has 0 radical (unpaired) electrons. The molecule has 1 amide bonds. The molecule has 132 valence electrons. The van der Waals surface area contributed by atoms with E-state index in [0.29, 0.717) is 19.8 Å². The summed E-state index contributed by atoms with van der Waals surface area (Å²) in [7, 11) is 0. The zero-order valence-electron chi connectivity index (χ0n) is 14.1. The van der Waals surface area contributed by atoms with Crippen LogP contribution in [0.25, 0.3) is 0 Å². The molecule has 1 aromatic rings. The van der Waals surface area contributed by atoms with E-state index in [1.807, 2.05) is 0 Å². The van der Waals surface area contributed by atoms with Gasteiger partial charge in [-0.2, -0.15) is 0 Å². The summed E-state index contributed by atoms with van der Waals surface area (Å²) in [6.45, 7) is 3.70. The van der Waals surface area contributed by atoms with Crippen LogP contribution in [0.5, 0.6) is 0 Å². The van der Waals surface area contributed by atoms with Crippen molar-refractivity contribution in [1.82, 2.24) is 9.80 Å². The second-order valence-electron chi connectivity index (χ2n) is 6.90. The van der Waals surface area contributed by atoms with E-state index in [-0.39, 0.29) is 24.3 Å². The average molecular weight is 350 g/mol. The van der Waals surface area contributed by atoms with Crippen molar-refractivity contribution < 1.29 is 14.3 Å². The monoisotopic (exact) mass is 350 g/mol. The Hall–Kier alpha value is -0.950. The summed E-state index contributed by atoms with van der Waals surface area (Å²) in [6, 6.07) is 4.74. The molecule has 3 saturated heterocycles. The van der Waals surface area contributed by atoms with Crippen molar-refractivity contribution in [2.45, 2.75) is 50.5 Å². The molecule has 5 nitrogen and oxygen atoms in total. The van der Waals surface area contributed by atoms with Gasteiger partial charge in [0, 0.05) is 11.4 Å². The fraction of sp³-hybridized carbons (Fsp3) is 0.722. The number of carbonyl (C=O) groups excluding carboxylic acids is 1. The lowest BCUT2D eigenvalue weighted by Crippen LogP contribution is -2.51. The van der Waals surface area contributed by atoms with Crippen molar-refractivity contribution >= 4 is 17.2 Å². The number of hydrogen-bond acceptors (Lipinski definition) is 5. The van der Waals surface area contributed by atoms with Gasteiger partial charge in [0.05, 0.1) is 31.8 Å². The van der Waals surface area contributed by atoms with Crippen LogP contribution in [0.4, 0.5) is 0 Å². The second-order valence-corrected chi connectivity index (χ2v) is 7.88. The van der Waals surface area contributed by atoms with Gasteiger partial charge in [0.1, 0.15) is 0 Å². The summed E-state index contributed by atoms with van der Waals surface area (Å²) in [5.74, 6) is 0.260. The molecule has 2 atom stereocenters. The first-order valence-electron chi connectivity index (χ1n) is 9.13. The largest absolute Gasteiger partial charge is 0.349 e. The first kappa shape index (κ1) is 16.5. The Balaban J connectivity index is 1.42. The molecule has 0 aliphatic carbocycles. The molecule has 4 rings (SSSR count). The van der Waals surface area contributed by atoms with E-state index in [9.17, 15) is 4.79 Å². The third-order valence-corrected chi connectivity index (χ3v) is 6.38. The number of thiophene rings is 1. The van der Waals surface area contributed by atoms with E-state index in [2.05, 4.69) is 27.3 Å². The first-order chi connectivity index (χ1) is 11.8. The molecule has 4 heterocycles. The normalized spacial score (nSPS) is 29.4. The van der Waals surface area contributed by atoms with Gasteiger partial charge in [-0.1, -0.05) is 12.5 Å². The number of piperidine rings is 1. The van der Waals surface area contributed by atoms with E-state index in [1.165, 1.54) is 11.3 Å². The molecule has 0 N–H and O–H groups in total. The minimum absolute atomic E-state index is 0.148. The fourth-order valence-electron chi connectivity index (χ4n) is 4.23. The first-order valence-corrected chi connectivity index (χ1v) is 10.0. The summed E-state index contributed by atoms with van der Waals surface area (Å²) < 4.78 is 11.4. The molecule has 6 heteroatoms. The predicted molar refractivity (Wildman–Crippen MR) is 92.9 cm³/mol. The van der Waals surface area contributed by atoms with Crippen LogP contribution in [0.15, 0.2) is 17.5 Å². The topological polar surface area (TPSA) is 42.0 Å².